The molecule has 6 rings (SSSR count). The first-order chi connectivity index (χ1) is 18.7. The number of piperidine rings is 2. The fourth-order valence-corrected chi connectivity index (χ4v) is 6.89. The van der Waals surface area contributed by atoms with Crippen LogP contribution in [0, 0.1) is 12.8 Å². The van der Waals surface area contributed by atoms with Gasteiger partial charge in [-0.15, -0.1) is 0 Å². The van der Waals surface area contributed by atoms with Gasteiger partial charge in [0.1, 0.15) is 6.61 Å². The molecule has 4 nitrogen and oxygen atoms in total. The Balaban J connectivity index is 1.17. The molecule has 0 radical (unpaired) electrons. The molecular formula is C32H30F3NO3. The van der Waals surface area contributed by atoms with E-state index in [0.29, 0.717) is 18.4 Å². The number of hydrogen-bond acceptors (Lipinski definition) is 3. The molecule has 2 saturated heterocycles. The number of benzene rings is 3. The molecule has 2 atom stereocenters. The minimum atomic E-state index is -4.51. The minimum Gasteiger partial charge on any atom is -0.448 e. The SMILES string of the molecule is Cc1cc(C(=O)C2CC3CCCC(C2)N3C(=O)OCC2c3ccccc3-c3ccccc32)cc(C(F)(F)F)c1. The van der Waals surface area contributed by atoms with E-state index in [0.717, 1.165) is 53.6 Å². The van der Waals surface area contributed by atoms with Crippen molar-refractivity contribution >= 4 is 11.9 Å². The average molecular weight is 534 g/mol. The Kier molecular flexibility index (Phi) is 6.48. The van der Waals surface area contributed by atoms with Crippen molar-refractivity contribution in [3.63, 3.8) is 0 Å². The third-order valence-electron chi connectivity index (χ3n) is 8.58. The van der Waals surface area contributed by atoms with Crippen molar-refractivity contribution in [2.24, 2.45) is 5.92 Å². The molecule has 1 aliphatic carbocycles. The zero-order chi connectivity index (χ0) is 27.3. The van der Waals surface area contributed by atoms with Gasteiger partial charge in [0.15, 0.2) is 5.78 Å². The van der Waals surface area contributed by atoms with Crippen LogP contribution in [0.2, 0.25) is 0 Å². The van der Waals surface area contributed by atoms with Crippen LogP contribution in [0.15, 0.2) is 66.7 Å². The lowest BCUT2D eigenvalue weighted by molar-refractivity contribution is -0.137. The van der Waals surface area contributed by atoms with Crippen LogP contribution in [0.25, 0.3) is 11.1 Å². The molecule has 7 heteroatoms. The maximum atomic E-state index is 13.4. The molecule has 3 aromatic rings. The summed E-state index contributed by atoms with van der Waals surface area (Å²) in [5.41, 5.74) is 4.32. The number of carbonyl (C=O) groups is 2. The predicted octanol–water partition coefficient (Wildman–Crippen LogP) is 7.78. The van der Waals surface area contributed by atoms with Gasteiger partial charge in [-0.25, -0.2) is 4.79 Å². The second kappa shape index (κ2) is 9.85. The lowest BCUT2D eigenvalue weighted by atomic mass is 9.75. The minimum absolute atomic E-state index is 0.0375. The summed E-state index contributed by atoms with van der Waals surface area (Å²) in [5, 5.41) is 0. The summed E-state index contributed by atoms with van der Waals surface area (Å²) in [5.74, 6) is -0.724. The Bertz CT molecular complexity index is 1370. The van der Waals surface area contributed by atoms with Gasteiger partial charge < -0.3 is 9.64 Å². The van der Waals surface area contributed by atoms with Crippen LogP contribution in [0.5, 0.6) is 0 Å². The highest BCUT2D eigenvalue weighted by Gasteiger charge is 2.44. The Morgan fingerprint density at radius 3 is 2.08 bits per heavy atom. The fraction of sp³-hybridized carbons (Fsp3) is 0.375. The van der Waals surface area contributed by atoms with Gasteiger partial charge in [-0.1, -0.05) is 48.5 Å². The number of alkyl halides is 3. The van der Waals surface area contributed by atoms with Crippen molar-refractivity contribution in [1.29, 1.82) is 0 Å². The van der Waals surface area contributed by atoms with Gasteiger partial charge >= 0.3 is 12.3 Å². The maximum absolute atomic E-state index is 13.4. The number of hydrogen-bond donors (Lipinski definition) is 0. The summed E-state index contributed by atoms with van der Waals surface area (Å²) in [4.78, 5) is 28.6. The third kappa shape index (κ3) is 4.72. The highest BCUT2D eigenvalue weighted by Crippen LogP contribution is 2.45. The number of ether oxygens (including phenoxy) is 1. The molecule has 202 valence electrons. The van der Waals surface area contributed by atoms with Gasteiger partial charge in [0, 0.05) is 29.5 Å². The maximum Gasteiger partial charge on any atom is 0.416 e. The van der Waals surface area contributed by atoms with E-state index in [1.807, 2.05) is 24.3 Å². The molecule has 2 aliphatic heterocycles. The second-order valence-electron chi connectivity index (χ2n) is 11.1. The quantitative estimate of drug-likeness (QED) is 0.322. The first kappa shape index (κ1) is 25.7. The van der Waals surface area contributed by atoms with Gasteiger partial charge in [0.25, 0.3) is 0 Å². The van der Waals surface area contributed by atoms with Crippen LogP contribution in [0.3, 0.4) is 0 Å². The van der Waals surface area contributed by atoms with Gasteiger partial charge in [-0.05, 0) is 85.0 Å². The van der Waals surface area contributed by atoms with Gasteiger partial charge in [-0.2, -0.15) is 13.2 Å². The molecule has 0 N–H and O–H groups in total. The molecule has 2 unspecified atom stereocenters. The molecule has 3 aromatic carbocycles. The normalized spacial score (nSPS) is 22.3. The highest BCUT2D eigenvalue weighted by atomic mass is 19.4. The first-order valence-corrected chi connectivity index (χ1v) is 13.6. The summed E-state index contributed by atoms with van der Waals surface area (Å²) in [7, 11) is 0. The molecule has 0 spiro atoms. The number of ketones is 1. The Hall–Kier alpha value is -3.61. The summed E-state index contributed by atoms with van der Waals surface area (Å²) in [6.07, 6.45) is -1.54. The van der Waals surface area contributed by atoms with Crippen LogP contribution in [-0.2, 0) is 10.9 Å². The topological polar surface area (TPSA) is 46.6 Å². The van der Waals surface area contributed by atoms with Crippen molar-refractivity contribution in [3.8, 4) is 11.1 Å². The number of fused-ring (bicyclic) bond motifs is 5. The van der Waals surface area contributed by atoms with Crippen molar-refractivity contribution in [2.45, 2.75) is 63.2 Å². The van der Waals surface area contributed by atoms with Crippen molar-refractivity contribution in [1.82, 2.24) is 4.90 Å². The van der Waals surface area contributed by atoms with Crippen molar-refractivity contribution in [2.75, 3.05) is 6.61 Å². The van der Waals surface area contributed by atoms with Gasteiger partial charge in [0.2, 0.25) is 0 Å². The molecule has 3 aliphatic rings. The summed E-state index contributed by atoms with van der Waals surface area (Å²) >= 11 is 0. The number of aryl methyl sites for hydroxylation is 1. The summed E-state index contributed by atoms with van der Waals surface area (Å²) in [6.45, 7) is 1.80. The summed E-state index contributed by atoms with van der Waals surface area (Å²) < 4.78 is 46.0. The van der Waals surface area contributed by atoms with E-state index in [1.54, 1.807) is 11.8 Å². The van der Waals surface area contributed by atoms with E-state index in [9.17, 15) is 22.8 Å². The number of amides is 1. The molecule has 0 aromatic heterocycles. The van der Waals surface area contributed by atoms with Crippen LogP contribution < -0.4 is 0 Å². The van der Waals surface area contributed by atoms with E-state index in [4.69, 9.17) is 4.74 Å². The number of carbonyl (C=O) groups excluding carboxylic acids is 2. The molecule has 1 amide bonds. The van der Waals surface area contributed by atoms with Crippen LogP contribution >= 0.6 is 0 Å². The molecule has 2 fully saturated rings. The third-order valence-corrected chi connectivity index (χ3v) is 8.58. The van der Waals surface area contributed by atoms with Gasteiger partial charge in [0.05, 0.1) is 5.56 Å². The van der Waals surface area contributed by atoms with E-state index < -0.39 is 17.7 Å². The van der Waals surface area contributed by atoms with E-state index in [1.165, 1.54) is 6.07 Å². The van der Waals surface area contributed by atoms with Crippen LogP contribution in [0.1, 0.15) is 70.6 Å². The van der Waals surface area contributed by atoms with E-state index >= 15 is 0 Å². The van der Waals surface area contributed by atoms with E-state index in [-0.39, 0.29) is 42.0 Å². The molecule has 39 heavy (non-hydrogen) atoms. The first-order valence-electron chi connectivity index (χ1n) is 13.6. The number of Topliss-reactive ketones (excluding diaryl/α,β-unsaturated/α-hetero) is 1. The lowest BCUT2D eigenvalue weighted by Gasteiger charge is -2.47. The second-order valence-corrected chi connectivity index (χ2v) is 11.1. The highest BCUT2D eigenvalue weighted by molar-refractivity contribution is 5.98. The molecule has 2 bridgehead atoms. The van der Waals surface area contributed by atoms with Crippen LogP contribution in [-0.4, -0.2) is 35.5 Å². The molecular weight excluding hydrogens is 503 g/mol. The standard InChI is InChI=1S/C32H30F3NO3/c1-19-13-20(15-22(14-19)32(33,34)35)30(37)21-16-23-7-6-8-24(17-21)36(23)31(38)39-18-29-27-11-4-2-9-25(27)26-10-3-5-12-28(26)29/h2-5,9-15,21,23-24,29H,6-8,16-18H2,1H3. The largest absolute Gasteiger partial charge is 0.448 e. The smallest absolute Gasteiger partial charge is 0.416 e. The Morgan fingerprint density at radius 2 is 1.49 bits per heavy atom. The lowest BCUT2D eigenvalue weighted by Crippen LogP contribution is -2.55. The van der Waals surface area contributed by atoms with Gasteiger partial charge in [-0.3, -0.25) is 4.79 Å². The van der Waals surface area contributed by atoms with Crippen LogP contribution in [0.4, 0.5) is 18.0 Å². The van der Waals surface area contributed by atoms with Crippen molar-refractivity contribution in [3.05, 3.63) is 94.5 Å². The zero-order valence-corrected chi connectivity index (χ0v) is 21.7. The summed E-state index contributed by atoms with van der Waals surface area (Å²) in [6, 6.07) is 19.6. The molecule has 2 heterocycles. The number of rotatable bonds is 4. The average Bonchev–Trinajstić information content (AvgIpc) is 3.23. The Labute approximate surface area is 225 Å². The molecule has 0 saturated carbocycles. The zero-order valence-electron chi connectivity index (χ0n) is 21.7. The van der Waals surface area contributed by atoms with Crippen molar-refractivity contribution < 1.29 is 27.5 Å². The van der Waals surface area contributed by atoms with E-state index in [2.05, 4.69) is 24.3 Å². The Morgan fingerprint density at radius 1 is 0.897 bits per heavy atom. The predicted molar refractivity (Wildman–Crippen MR) is 142 cm³/mol. The monoisotopic (exact) mass is 533 g/mol. The fourth-order valence-electron chi connectivity index (χ4n) is 6.89. The number of nitrogens with zero attached hydrogens (tertiary/aromatic N) is 1. The number of halogens is 3.